The lowest BCUT2D eigenvalue weighted by molar-refractivity contribution is 0.707. The van der Waals surface area contributed by atoms with Crippen molar-refractivity contribution >= 4 is 27.4 Å². The van der Waals surface area contributed by atoms with E-state index in [1.165, 1.54) is 10.4 Å². The number of nitrogens with zero attached hydrogens (tertiary/aromatic N) is 5. The zero-order valence-corrected chi connectivity index (χ0v) is 14.9. The third kappa shape index (κ3) is 3.10. The molecule has 126 valence electrons. The zero-order valence-electron chi connectivity index (χ0n) is 14.1. The van der Waals surface area contributed by atoms with Crippen molar-refractivity contribution in [3.05, 3.63) is 54.4 Å². The van der Waals surface area contributed by atoms with E-state index in [1.54, 1.807) is 17.7 Å². The first kappa shape index (κ1) is 15.7. The predicted molar refractivity (Wildman–Crippen MR) is 101 cm³/mol. The summed E-state index contributed by atoms with van der Waals surface area (Å²) in [5, 5.41) is 12.6. The highest BCUT2D eigenvalue weighted by Gasteiger charge is 2.12. The quantitative estimate of drug-likeness (QED) is 0.591. The molecule has 4 rings (SSSR count). The maximum Gasteiger partial charge on any atom is 0.152 e. The van der Waals surface area contributed by atoms with Gasteiger partial charge in [-0.2, -0.15) is 0 Å². The Morgan fingerprint density at radius 2 is 2.00 bits per heavy atom. The molecule has 0 aliphatic carbocycles. The van der Waals surface area contributed by atoms with Crippen LogP contribution in [0.2, 0.25) is 0 Å². The summed E-state index contributed by atoms with van der Waals surface area (Å²) in [5.74, 6) is 2.49. The number of hydrogen-bond acceptors (Lipinski definition) is 6. The minimum atomic E-state index is 0.579. The monoisotopic (exact) mass is 350 g/mol. The van der Waals surface area contributed by atoms with E-state index < -0.39 is 0 Å². The van der Waals surface area contributed by atoms with Gasteiger partial charge in [-0.25, -0.2) is 9.97 Å². The Balaban J connectivity index is 1.69. The van der Waals surface area contributed by atoms with Gasteiger partial charge in [0.25, 0.3) is 0 Å². The second kappa shape index (κ2) is 6.60. The molecule has 0 aliphatic heterocycles. The van der Waals surface area contributed by atoms with Crippen LogP contribution in [0.5, 0.6) is 0 Å². The number of thiophene rings is 1. The Kier molecular flexibility index (Phi) is 4.15. The molecule has 0 atom stereocenters. The standard InChI is InChI=1S/C18H18N6S/c1-3-24-11-20-23-16(24)10-19-17-14-9-15(13-7-5-4-6-8-13)25-18(14)22-12(2)21-17/h4-9,11H,3,10H2,1-2H3,(H,19,21,22). The van der Waals surface area contributed by atoms with Crippen LogP contribution in [0.3, 0.4) is 0 Å². The highest BCUT2D eigenvalue weighted by Crippen LogP contribution is 2.35. The number of aromatic nitrogens is 5. The normalized spacial score (nSPS) is 11.1. The van der Waals surface area contributed by atoms with E-state index in [2.05, 4.69) is 50.6 Å². The summed E-state index contributed by atoms with van der Waals surface area (Å²) in [5.41, 5.74) is 1.19. The molecular formula is C18H18N6S. The molecule has 6 nitrogen and oxygen atoms in total. The van der Waals surface area contributed by atoms with Crippen LogP contribution in [0.4, 0.5) is 5.82 Å². The molecule has 0 fully saturated rings. The van der Waals surface area contributed by atoms with Crippen LogP contribution in [0.15, 0.2) is 42.7 Å². The summed E-state index contributed by atoms with van der Waals surface area (Å²) >= 11 is 1.69. The van der Waals surface area contributed by atoms with E-state index in [1.807, 2.05) is 29.7 Å². The number of aryl methyl sites for hydroxylation is 2. The fourth-order valence-electron chi connectivity index (χ4n) is 2.75. The topological polar surface area (TPSA) is 68.5 Å². The molecule has 7 heteroatoms. The molecule has 0 saturated heterocycles. The molecule has 0 unspecified atom stereocenters. The molecule has 0 saturated carbocycles. The molecule has 0 amide bonds. The Labute approximate surface area is 149 Å². The lowest BCUT2D eigenvalue weighted by Gasteiger charge is -2.08. The average Bonchev–Trinajstić information content (AvgIpc) is 3.26. The van der Waals surface area contributed by atoms with Crippen LogP contribution in [0.1, 0.15) is 18.6 Å². The van der Waals surface area contributed by atoms with Crippen LogP contribution in [-0.2, 0) is 13.1 Å². The molecule has 0 bridgehead atoms. The van der Waals surface area contributed by atoms with Crippen molar-refractivity contribution in [1.82, 2.24) is 24.7 Å². The minimum Gasteiger partial charge on any atom is -0.362 e. The Morgan fingerprint density at radius 1 is 1.16 bits per heavy atom. The highest BCUT2D eigenvalue weighted by atomic mass is 32.1. The largest absolute Gasteiger partial charge is 0.362 e. The summed E-state index contributed by atoms with van der Waals surface area (Å²) in [6, 6.07) is 12.5. The van der Waals surface area contributed by atoms with E-state index in [4.69, 9.17) is 0 Å². The summed E-state index contributed by atoms with van der Waals surface area (Å²) < 4.78 is 2.02. The first-order valence-corrected chi connectivity index (χ1v) is 9.00. The van der Waals surface area contributed by atoms with Gasteiger partial charge in [-0.1, -0.05) is 30.3 Å². The van der Waals surface area contributed by atoms with Gasteiger partial charge in [0.15, 0.2) is 5.82 Å². The average molecular weight is 350 g/mol. The number of nitrogens with one attached hydrogen (secondary N) is 1. The van der Waals surface area contributed by atoms with Crippen molar-refractivity contribution in [3.63, 3.8) is 0 Å². The maximum absolute atomic E-state index is 4.60. The van der Waals surface area contributed by atoms with Gasteiger partial charge in [-0.3, -0.25) is 0 Å². The summed E-state index contributed by atoms with van der Waals surface area (Å²) in [6.45, 7) is 5.42. The van der Waals surface area contributed by atoms with Crippen LogP contribution < -0.4 is 5.32 Å². The van der Waals surface area contributed by atoms with Gasteiger partial charge < -0.3 is 9.88 Å². The molecule has 0 aliphatic rings. The van der Waals surface area contributed by atoms with Gasteiger partial charge in [0, 0.05) is 11.4 Å². The molecule has 4 aromatic rings. The Bertz CT molecular complexity index is 1010. The Hall–Kier alpha value is -2.80. The maximum atomic E-state index is 4.60. The van der Waals surface area contributed by atoms with Gasteiger partial charge >= 0.3 is 0 Å². The molecule has 0 spiro atoms. The van der Waals surface area contributed by atoms with Crippen molar-refractivity contribution in [2.45, 2.75) is 26.9 Å². The number of hydrogen-bond donors (Lipinski definition) is 1. The van der Waals surface area contributed by atoms with Gasteiger partial charge in [0.05, 0.1) is 11.9 Å². The molecule has 3 heterocycles. The lowest BCUT2D eigenvalue weighted by atomic mass is 10.2. The SMILES string of the molecule is CCn1cnnc1CNc1nc(C)nc2sc(-c3ccccc3)cc12. The number of benzene rings is 1. The van der Waals surface area contributed by atoms with Gasteiger partial charge in [0.1, 0.15) is 22.8 Å². The van der Waals surface area contributed by atoms with Gasteiger partial charge in [-0.15, -0.1) is 21.5 Å². The highest BCUT2D eigenvalue weighted by molar-refractivity contribution is 7.21. The molecule has 25 heavy (non-hydrogen) atoms. The first-order valence-electron chi connectivity index (χ1n) is 8.18. The summed E-state index contributed by atoms with van der Waals surface area (Å²) in [6.07, 6.45) is 1.75. The number of rotatable bonds is 5. The molecule has 0 radical (unpaired) electrons. The number of anilines is 1. The molecule has 1 N–H and O–H groups in total. The van der Waals surface area contributed by atoms with Gasteiger partial charge in [-0.05, 0) is 25.5 Å². The third-order valence-corrected chi connectivity index (χ3v) is 5.09. The van der Waals surface area contributed by atoms with Crippen molar-refractivity contribution in [3.8, 4) is 10.4 Å². The van der Waals surface area contributed by atoms with Crippen molar-refractivity contribution in [1.29, 1.82) is 0 Å². The van der Waals surface area contributed by atoms with E-state index in [9.17, 15) is 0 Å². The zero-order chi connectivity index (χ0) is 17.2. The lowest BCUT2D eigenvalue weighted by Crippen LogP contribution is -2.09. The van der Waals surface area contributed by atoms with Crippen molar-refractivity contribution in [2.24, 2.45) is 0 Å². The van der Waals surface area contributed by atoms with Crippen LogP contribution in [-0.4, -0.2) is 24.7 Å². The third-order valence-electron chi connectivity index (χ3n) is 4.01. The van der Waals surface area contributed by atoms with Crippen LogP contribution >= 0.6 is 11.3 Å². The fourth-order valence-corrected chi connectivity index (χ4v) is 3.83. The van der Waals surface area contributed by atoms with E-state index >= 15 is 0 Å². The minimum absolute atomic E-state index is 0.579. The van der Waals surface area contributed by atoms with Crippen molar-refractivity contribution in [2.75, 3.05) is 5.32 Å². The fraction of sp³-hybridized carbons (Fsp3) is 0.222. The summed E-state index contributed by atoms with van der Waals surface area (Å²) in [7, 11) is 0. The summed E-state index contributed by atoms with van der Waals surface area (Å²) in [4.78, 5) is 11.4. The molecule has 1 aromatic carbocycles. The second-order valence-electron chi connectivity index (χ2n) is 5.70. The first-order chi connectivity index (χ1) is 12.2. The smallest absolute Gasteiger partial charge is 0.152 e. The van der Waals surface area contributed by atoms with E-state index in [0.29, 0.717) is 6.54 Å². The van der Waals surface area contributed by atoms with Crippen LogP contribution in [0.25, 0.3) is 20.7 Å². The molecular weight excluding hydrogens is 332 g/mol. The second-order valence-corrected chi connectivity index (χ2v) is 6.73. The van der Waals surface area contributed by atoms with E-state index in [0.717, 1.165) is 34.2 Å². The van der Waals surface area contributed by atoms with Crippen molar-refractivity contribution < 1.29 is 0 Å². The van der Waals surface area contributed by atoms with Gasteiger partial charge in [0.2, 0.25) is 0 Å². The predicted octanol–water partition coefficient (Wildman–Crippen LogP) is 3.89. The molecule has 3 aromatic heterocycles. The van der Waals surface area contributed by atoms with Crippen LogP contribution in [0, 0.1) is 6.92 Å². The Morgan fingerprint density at radius 3 is 2.80 bits per heavy atom. The van der Waals surface area contributed by atoms with E-state index in [-0.39, 0.29) is 0 Å². The number of fused-ring (bicyclic) bond motifs is 1.